The van der Waals surface area contributed by atoms with Gasteiger partial charge in [0.2, 0.25) is 0 Å². The smallest absolute Gasteiger partial charge is 0.191 e. The van der Waals surface area contributed by atoms with Crippen molar-refractivity contribution in [2.45, 2.75) is 27.0 Å². The van der Waals surface area contributed by atoms with E-state index in [4.69, 9.17) is 9.47 Å². The fourth-order valence-corrected chi connectivity index (χ4v) is 1.77. The van der Waals surface area contributed by atoms with E-state index in [2.05, 4.69) is 39.9 Å². The maximum Gasteiger partial charge on any atom is 0.191 e. The Morgan fingerprint density at radius 3 is 2.29 bits per heavy atom. The molecule has 21 heavy (non-hydrogen) atoms. The molecular formula is C16H27N3O2. The fourth-order valence-electron chi connectivity index (χ4n) is 1.77. The third-order valence-electron chi connectivity index (χ3n) is 2.92. The lowest BCUT2D eigenvalue weighted by Gasteiger charge is -2.12. The molecule has 0 saturated heterocycles. The van der Waals surface area contributed by atoms with Crippen LogP contribution in [0, 0.1) is 0 Å². The highest BCUT2D eigenvalue weighted by atomic mass is 16.5. The van der Waals surface area contributed by atoms with Crippen molar-refractivity contribution in [2.24, 2.45) is 4.99 Å². The van der Waals surface area contributed by atoms with Gasteiger partial charge in [0.05, 0.1) is 13.2 Å². The molecule has 0 aliphatic rings. The molecule has 0 aromatic heterocycles. The van der Waals surface area contributed by atoms with Gasteiger partial charge in [-0.25, -0.2) is 0 Å². The fraction of sp³-hybridized carbons (Fsp3) is 0.562. The van der Waals surface area contributed by atoms with Crippen LogP contribution in [0.1, 0.15) is 25.0 Å². The minimum absolute atomic E-state index is 0.671. The Morgan fingerprint density at radius 2 is 1.67 bits per heavy atom. The summed E-state index contributed by atoms with van der Waals surface area (Å²) in [5.74, 6) is 0.785. The highest BCUT2D eigenvalue weighted by Gasteiger charge is 1.99. The second-order valence-corrected chi connectivity index (χ2v) is 4.50. The van der Waals surface area contributed by atoms with E-state index in [-0.39, 0.29) is 0 Å². The van der Waals surface area contributed by atoms with Crippen molar-refractivity contribution in [3.8, 4) is 0 Å². The van der Waals surface area contributed by atoms with Crippen LogP contribution in [0.2, 0.25) is 0 Å². The third kappa shape index (κ3) is 7.68. The van der Waals surface area contributed by atoms with E-state index < -0.39 is 0 Å². The van der Waals surface area contributed by atoms with Gasteiger partial charge in [0.15, 0.2) is 5.96 Å². The number of nitrogens with one attached hydrogen (secondary N) is 2. The predicted molar refractivity (Wildman–Crippen MR) is 86.5 cm³/mol. The van der Waals surface area contributed by atoms with Crippen molar-refractivity contribution >= 4 is 5.96 Å². The Morgan fingerprint density at radius 1 is 1.00 bits per heavy atom. The molecule has 1 aromatic carbocycles. The average molecular weight is 293 g/mol. The molecule has 2 N–H and O–H groups in total. The Balaban J connectivity index is 2.32. The molecular weight excluding hydrogens is 266 g/mol. The molecule has 0 amide bonds. The molecule has 1 aromatic rings. The Bertz CT molecular complexity index is 404. The van der Waals surface area contributed by atoms with Crippen molar-refractivity contribution in [1.82, 2.24) is 10.6 Å². The van der Waals surface area contributed by atoms with Crippen molar-refractivity contribution in [3.05, 3.63) is 35.4 Å². The largest absolute Gasteiger partial charge is 0.380 e. The predicted octanol–water partition coefficient (Wildman–Crippen LogP) is 1.92. The number of hydrogen-bond acceptors (Lipinski definition) is 3. The van der Waals surface area contributed by atoms with Crippen molar-refractivity contribution in [2.75, 3.05) is 33.4 Å². The van der Waals surface area contributed by atoms with Crippen LogP contribution in [0.25, 0.3) is 0 Å². The topological polar surface area (TPSA) is 54.9 Å². The first kappa shape index (κ1) is 17.5. The zero-order chi connectivity index (χ0) is 15.3. The van der Waals surface area contributed by atoms with Crippen molar-refractivity contribution in [3.63, 3.8) is 0 Å². The molecule has 118 valence electrons. The lowest BCUT2D eigenvalue weighted by Crippen LogP contribution is -2.38. The van der Waals surface area contributed by atoms with Gasteiger partial charge in [-0.2, -0.15) is 0 Å². The molecule has 0 heterocycles. The molecule has 5 heteroatoms. The Hall–Kier alpha value is -1.59. The van der Waals surface area contributed by atoms with Gasteiger partial charge in [-0.05, 0) is 25.0 Å². The molecule has 0 aliphatic carbocycles. The molecule has 0 radical (unpaired) electrons. The molecule has 0 fully saturated rings. The van der Waals surface area contributed by atoms with Crippen LogP contribution in [-0.2, 0) is 22.6 Å². The second-order valence-electron chi connectivity index (χ2n) is 4.50. The normalized spacial score (nSPS) is 11.5. The van der Waals surface area contributed by atoms with E-state index in [9.17, 15) is 0 Å². The first-order valence-corrected chi connectivity index (χ1v) is 7.48. The molecule has 1 rings (SSSR count). The molecule has 0 spiro atoms. The monoisotopic (exact) mass is 293 g/mol. The van der Waals surface area contributed by atoms with Crippen LogP contribution in [0.15, 0.2) is 29.3 Å². The number of benzene rings is 1. The molecule has 0 atom stereocenters. The summed E-state index contributed by atoms with van der Waals surface area (Å²) in [5, 5.41) is 6.48. The van der Waals surface area contributed by atoms with Gasteiger partial charge in [0.1, 0.15) is 0 Å². The summed E-state index contributed by atoms with van der Waals surface area (Å²) in [6.45, 7) is 8.32. The summed E-state index contributed by atoms with van der Waals surface area (Å²) in [7, 11) is 1.77. The van der Waals surface area contributed by atoms with Gasteiger partial charge in [0.25, 0.3) is 0 Å². The molecule has 5 nitrogen and oxygen atoms in total. The van der Waals surface area contributed by atoms with Crippen LogP contribution in [0.5, 0.6) is 0 Å². The van der Waals surface area contributed by atoms with Crippen LogP contribution in [-0.4, -0.2) is 39.4 Å². The maximum atomic E-state index is 5.38. The lowest BCUT2D eigenvalue weighted by molar-refractivity contribution is 0.134. The zero-order valence-corrected chi connectivity index (χ0v) is 13.3. The first-order chi connectivity index (χ1) is 10.3. The van der Waals surface area contributed by atoms with Crippen LogP contribution < -0.4 is 10.6 Å². The third-order valence-corrected chi connectivity index (χ3v) is 2.92. The average Bonchev–Trinajstić information content (AvgIpc) is 2.53. The molecule has 0 bridgehead atoms. The zero-order valence-electron chi connectivity index (χ0n) is 13.3. The minimum atomic E-state index is 0.671. The highest BCUT2D eigenvalue weighted by molar-refractivity contribution is 5.79. The SMILES string of the molecule is CCOCCNC(=NC)NCc1ccc(COCC)cc1. The van der Waals surface area contributed by atoms with E-state index in [1.54, 1.807) is 7.05 Å². The van der Waals surface area contributed by atoms with E-state index in [1.807, 2.05) is 13.8 Å². The number of rotatable bonds is 9. The van der Waals surface area contributed by atoms with Gasteiger partial charge < -0.3 is 20.1 Å². The number of guanidine groups is 1. The number of ether oxygens (including phenoxy) is 2. The first-order valence-electron chi connectivity index (χ1n) is 7.48. The summed E-state index contributed by atoms with van der Waals surface area (Å²) in [5.41, 5.74) is 2.41. The number of nitrogens with zero attached hydrogens (tertiary/aromatic N) is 1. The highest BCUT2D eigenvalue weighted by Crippen LogP contribution is 2.05. The summed E-state index contributed by atoms with van der Waals surface area (Å²) in [4.78, 5) is 4.18. The van der Waals surface area contributed by atoms with Crippen molar-refractivity contribution in [1.29, 1.82) is 0 Å². The van der Waals surface area contributed by atoms with Gasteiger partial charge in [0, 0.05) is 33.4 Å². The number of aliphatic imine (C=N–C) groups is 1. The molecule has 0 saturated carbocycles. The van der Waals surface area contributed by atoms with Crippen LogP contribution in [0.3, 0.4) is 0 Å². The summed E-state index contributed by atoms with van der Waals surface area (Å²) in [6.07, 6.45) is 0. The van der Waals surface area contributed by atoms with Gasteiger partial charge in [-0.15, -0.1) is 0 Å². The van der Waals surface area contributed by atoms with Crippen LogP contribution >= 0.6 is 0 Å². The van der Waals surface area contributed by atoms with E-state index >= 15 is 0 Å². The standard InChI is InChI=1S/C16H27N3O2/c1-4-20-11-10-18-16(17-3)19-12-14-6-8-15(9-7-14)13-21-5-2/h6-9H,4-5,10-13H2,1-3H3,(H2,17,18,19). The van der Waals surface area contributed by atoms with Crippen molar-refractivity contribution < 1.29 is 9.47 Å². The quantitative estimate of drug-likeness (QED) is 0.415. The Kier molecular flexibility index (Phi) is 9.24. The van der Waals surface area contributed by atoms with E-state index in [1.165, 1.54) is 11.1 Å². The molecule has 0 aliphatic heterocycles. The van der Waals surface area contributed by atoms with Crippen LogP contribution in [0.4, 0.5) is 0 Å². The maximum absolute atomic E-state index is 5.38. The lowest BCUT2D eigenvalue weighted by atomic mass is 10.1. The number of hydrogen-bond donors (Lipinski definition) is 2. The summed E-state index contributed by atoms with van der Waals surface area (Å²) >= 11 is 0. The molecule has 0 unspecified atom stereocenters. The van der Waals surface area contributed by atoms with Gasteiger partial charge >= 0.3 is 0 Å². The minimum Gasteiger partial charge on any atom is -0.380 e. The Labute approximate surface area is 127 Å². The van der Waals surface area contributed by atoms with Gasteiger partial charge in [-0.3, -0.25) is 4.99 Å². The summed E-state index contributed by atoms with van der Waals surface area (Å²) in [6, 6.07) is 8.40. The van der Waals surface area contributed by atoms with E-state index in [0.29, 0.717) is 13.2 Å². The summed E-state index contributed by atoms with van der Waals surface area (Å²) < 4.78 is 10.7. The van der Waals surface area contributed by atoms with Gasteiger partial charge in [-0.1, -0.05) is 24.3 Å². The van der Waals surface area contributed by atoms with E-state index in [0.717, 1.165) is 32.3 Å². The second kappa shape index (κ2) is 11.1.